The lowest BCUT2D eigenvalue weighted by Crippen LogP contribution is -1.93. The molecule has 2 N–H and O–H groups in total. The maximum atomic E-state index is 10.0. The van der Waals surface area contributed by atoms with Crippen molar-refractivity contribution >= 4 is 18.2 Å². The molecule has 12 heavy (non-hydrogen) atoms. The second-order valence-electron chi connectivity index (χ2n) is 2.43. The summed E-state index contributed by atoms with van der Waals surface area (Å²) in [4.78, 5) is 14.1. The number of allylic oxidation sites excluding steroid dienone is 1. The van der Waals surface area contributed by atoms with Crippen molar-refractivity contribution in [3.8, 4) is 0 Å². The molecule has 0 radical (unpaired) electrons. The van der Waals surface area contributed by atoms with E-state index in [0.29, 0.717) is 12.1 Å². The van der Waals surface area contributed by atoms with Crippen LogP contribution in [0.4, 0.5) is 5.82 Å². The van der Waals surface area contributed by atoms with Crippen LogP contribution in [-0.2, 0) is 4.79 Å². The maximum Gasteiger partial charge on any atom is 0.142 e. The summed E-state index contributed by atoms with van der Waals surface area (Å²) >= 11 is 0. The van der Waals surface area contributed by atoms with Gasteiger partial charge in [-0.05, 0) is 30.7 Å². The fourth-order valence-corrected chi connectivity index (χ4v) is 0.859. The van der Waals surface area contributed by atoms with Crippen LogP contribution < -0.4 is 5.73 Å². The van der Waals surface area contributed by atoms with Crippen molar-refractivity contribution in [3.05, 3.63) is 29.5 Å². The minimum Gasteiger partial charge on any atom is -0.384 e. The number of aromatic nitrogens is 1. The Morgan fingerprint density at radius 1 is 1.50 bits per heavy atom. The number of anilines is 1. The van der Waals surface area contributed by atoms with E-state index in [2.05, 4.69) is 4.98 Å². The number of nitrogen functional groups attached to an aromatic ring is 1. The van der Waals surface area contributed by atoms with Crippen LogP contribution in [0, 0.1) is 6.92 Å². The molecule has 0 aromatic carbocycles. The van der Waals surface area contributed by atoms with Crippen molar-refractivity contribution in [2.24, 2.45) is 0 Å². The van der Waals surface area contributed by atoms with E-state index >= 15 is 0 Å². The van der Waals surface area contributed by atoms with E-state index in [0.717, 1.165) is 11.3 Å². The minimum atomic E-state index is 0.464. The average Bonchev–Trinajstić information content (AvgIpc) is 2.07. The fraction of sp³-hybridized carbons (Fsp3) is 0.111. The molecule has 0 saturated carbocycles. The number of rotatable bonds is 2. The van der Waals surface area contributed by atoms with Gasteiger partial charge in [-0.2, -0.15) is 0 Å². The number of nitrogens with two attached hydrogens (primary N) is 1. The Balaban J connectivity index is 3.04. The highest BCUT2D eigenvalue weighted by molar-refractivity contribution is 5.73. The van der Waals surface area contributed by atoms with Gasteiger partial charge >= 0.3 is 0 Å². The van der Waals surface area contributed by atoms with Crippen LogP contribution in [0.3, 0.4) is 0 Å². The van der Waals surface area contributed by atoms with Crippen molar-refractivity contribution in [2.75, 3.05) is 5.73 Å². The monoisotopic (exact) mass is 162 g/mol. The van der Waals surface area contributed by atoms with Gasteiger partial charge in [-0.15, -0.1) is 0 Å². The third-order valence-corrected chi connectivity index (χ3v) is 1.49. The van der Waals surface area contributed by atoms with Gasteiger partial charge in [0.15, 0.2) is 0 Å². The molecule has 0 unspecified atom stereocenters. The molecule has 0 spiro atoms. The summed E-state index contributed by atoms with van der Waals surface area (Å²) in [6.07, 6.45) is 3.75. The van der Waals surface area contributed by atoms with E-state index in [4.69, 9.17) is 5.73 Å². The van der Waals surface area contributed by atoms with Crippen LogP contribution in [0.1, 0.15) is 11.3 Å². The normalized spacial score (nSPS) is 10.4. The zero-order valence-corrected chi connectivity index (χ0v) is 6.82. The molecule has 0 saturated heterocycles. The van der Waals surface area contributed by atoms with Crippen LogP contribution in [0.15, 0.2) is 18.2 Å². The van der Waals surface area contributed by atoms with Gasteiger partial charge in [0, 0.05) is 0 Å². The number of aryl methyl sites for hydroxylation is 1. The largest absolute Gasteiger partial charge is 0.384 e. The van der Waals surface area contributed by atoms with Crippen molar-refractivity contribution in [2.45, 2.75) is 6.92 Å². The van der Waals surface area contributed by atoms with Gasteiger partial charge in [0.05, 0.1) is 5.69 Å². The van der Waals surface area contributed by atoms with Crippen LogP contribution >= 0.6 is 0 Å². The fourth-order valence-electron chi connectivity index (χ4n) is 0.859. The van der Waals surface area contributed by atoms with Gasteiger partial charge in [0.1, 0.15) is 12.1 Å². The zero-order valence-electron chi connectivity index (χ0n) is 6.82. The van der Waals surface area contributed by atoms with Crippen LogP contribution in [0.5, 0.6) is 0 Å². The summed E-state index contributed by atoms with van der Waals surface area (Å²) < 4.78 is 0. The van der Waals surface area contributed by atoms with Crippen molar-refractivity contribution in [1.82, 2.24) is 4.98 Å². The van der Waals surface area contributed by atoms with Crippen LogP contribution in [-0.4, -0.2) is 11.3 Å². The second kappa shape index (κ2) is 3.67. The molecule has 0 amide bonds. The molecule has 62 valence electrons. The smallest absolute Gasteiger partial charge is 0.142 e. The number of pyridine rings is 1. The lowest BCUT2D eigenvalue weighted by Gasteiger charge is -1.98. The van der Waals surface area contributed by atoms with Gasteiger partial charge in [-0.1, -0.05) is 6.07 Å². The third-order valence-electron chi connectivity index (χ3n) is 1.49. The first kappa shape index (κ1) is 8.46. The Morgan fingerprint density at radius 2 is 2.25 bits per heavy atom. The lowest BCUT2D eigenvalue weighted by molar-refractivity contribution is -0.104. The number of hydrogen-bond donors (Lipinski definition) is 1. The Labute approximate surface area is 70.9 Å². The zero-order chi connectivity index (χ0) is 8.97. The van der Waals surface area contributed by atoms with Crippen molar-refractivity contribution in [3.63, 3.8) is 0 Å². The predicted molar refractivity (Wildman–Crippen MR) is 48.5 cm³/mol. The summed E-state index contributed by atoms with van der Waals surface area (Å²) in [5.74, 6) is 0.464. The number of aldehydes is 1. The quantitative estimate of drug-likeness (QED) is 0.524. The number of carbonyl (C=O) groups excluding carboxylic acids is 1. The lowest BCUT2D eigenvalue weighted by atomic mass is 10.2. The minimum absolute atomic E-state index is 0.464. The molecule has 1 rings (SSSR count). The van der Waals surface area contributed by atoms with Gasteiger partial charge < -0.3 is 5.73 Å². The van der Waals surface area contributed by atoms with E-state index in [9.17, 15) is 4.79 Å². The molecule has 0 aliphatic heterocycles. The molecule has 0 aliphatic rings. The van der Waals surface area contributed by atoms with E-state index in [1.807, 2.05) is 13.0 Å². The van der Waals surface area contributed by atoms with Gasteiger partial charge in [-0.25, -0.2) is 4.98 Å². The highest BCUT2D eigenvalue weighted by Crippen LogP contribution is 2.08. The Bertz CT molecular complexity index is 318. The molecule has 0 atom stereocenters. The second-order valence-corrected chi connectivity index (χ2v) is 2.43. The Hall–Kier alpha value is -1.64. The highest BCUT2D eigenvalue weighted by Gasteiger charge is 1.94. The topological polar surface area (TPSA) is 56.0 Å². The SMILES string of the molecule is Cc1ccc(N)nc1C=CC=O. The molecule has 0 aliphatic carbocycles. The summed E-state index contributed by atoms with van der Waals surface area (Å²) in [6, 6.07) is 3.60. The third kappa shape index (κ3) is 1.92. The molecular formula is C9H10N2O. The van der Waals surface area contributed by atoms with E-state index in [-0.39, 0.29) is 0 Å². The Kier molecular flexibility index (Phi) is 2.58. The molecule has 3 heteroatoms. The van der Waals surface area contributed by atoms with E-state index < -0.39 is 0 Å². The molecule has 1 heterocycles. The molecule has 3 nitrogen and oxygen atoms in total. The van der Waals surface area contributed by atoms with Gasteiger partial charge in [0.25, 0.3) is 0 Å². The standard InChI is InChI=1S/C9H10N2O/c1-7-4-5-9(10)11-8(7)3-2-6-12/h2-6H,1H3,(H2,10,11). The summed E-state index contributed by atoms with van der Waals surface area (Å²) in [6.45, 7) is 1.91. The average molecular weight is 162 g/mol. The summed E-state index contributed by atoms with van der Waals surface area (Å²) in [5, 5.41) is 0. The van der Waals surface area contributed by atoms with Gasteiger partial charge in [0.2, 0.25) is 0 Å². The number of nitrogens with zero attached hydrogens (tertiary/aromatic N) is 1. The number of hydrogen-bond acceptors (Lipinski definition) is 3. The molecule has 0 fully saturated rings. The molecule has 0 bridgehead atoms. The highest BCUT2D eigenvalue weighted by atomic mass is 16.1. The van der Waals surface area contributed by atoms with Crippen molar-refractivity contribution < 1.29 is 4.79 Å². The molecular weight excluding hydrogens is 152 g/mol. The number of carbonyl (C=O) groups is 1. The van der Waals surface area contributed by atoms with Crippen molar-refractivity contribution in [1.29, 1.82) is 0 Å². The molecule has 1 aromatic heterocycles. The van der Waals surface area contributed by atoms with Gasteiger partial charge in [-0.3, -0.25) is 4.79 Å². The Morgan fingerprint density at radius 3 is 2.92 bits per heavy atom. The summed E-state index contributed by atoms with van der Waals surface area (Å²) in [7, 11) is 0. The summed E-state index contributed by atoms with van der Waals surface area (Å²) in [5.41, 5.74) is 7.21. The first-order valence-corrected chi connectivity index (χ1v) is 3.59. The predicted octanol–water partition coefficient (Wildman–Crippen LogP) is 1.18. The first-order valence-electron chi connectivity index (χ1n) is 3.59. The van der Waals surface area contributed by atoms with E-state index in [1.54, 1.807) is 12.1 Å². The van der Waals surface area contributed by atoms with E-state index in [1.165, 1.54) is 6.08 Å². The maximum absolute atomic E-state index is 10.0. The first-order chi connectivity index (χ1) is 5.74. The molecule has 1 aromatic rings. The van der Waals surface area contributed by atoms with Crippen LogP contribution in [0.2, 0.25) is 0 Å². The van der Waals surface area contributed by atoms with Crippen LogP contribution in [0.25, 0.3) is 6.08 Å².